The number of hydrogen-bond donors (Lipinski definition) is 4. The lowest BCUT2D eigenvalue weighted by Crippen LogP contribution is -2.71. The molecule has 5 rings (SSSR count). The summed E-state index contributed by atoms with van der Waals surface area (Å²) in [4.78, 5) is 10.2. The Balaban J connectivity index is 0.00000148. The van der Waals surface area contributed by atoms with Crippen LogP contribution in [0.3, 0.4) is 0 Å². The lowest BCUT2D eigenvalue weighted by molar-refractivity contribution is 0.119. The Hall–Kier alpha value is -2.59. The second kappa shape index (κ2) is 10.8. The molecule has 0 radical (unpaired) electrons. The zero-order chi connectivity index (χ0) is 26.0. The van der Waals surface area contributed by atoms with E-state index in [1.54, 1.807) is 24.5 Å². The summed E-state index contributed by atoms with van der Waals surface area (Å²) >= 11 is 16.0. The van der Waals surface area contributed by atoms with Gasteiger partial charge in [-0.2, -0.15) is 12.6 Å². The third-order valence-corrected chi connectivity index (χ3v) is 6.97. The molecule has 2 aromatic heterocycles. The number of nitrogen functional groups attached to an aromatic ring is 1. The number of thiol groups is 1. The molecule has 2 saturated heterocycles. The molecule has 1 atom stereocenters. The van der Waals surface area contributed by atoms with Crippen LogP contribution >= 0.6 is 35.8 Å². The molecular formula is C25H27Cl2FN6OS. The average Bonchev–Trinajstić information content (AvgIpc) is 2.80. The van der Waals surface area contributed by atoms with Crippen LogP contribution in [-0.4, -0.2) is 48.1 Å². The van der Waals surface area contributed by atoms with E-state index in [1.807, 2.05) is 11.8 Å². The lowest BCUT2D eigenvalue weighted by Gasteiger charge is -2.56. The van der Waals surface area contributed by atoms with Crippen molar-refractivity contribution in [3.05, 3.63) is 75.4 Å². The number of nitrogens with zero attached hydrogens (tertiary/aromatic N) is 3. The van der Waals surface area contributed by atoms with Gasteiger partial charge in [-0.15, -0.1) is 0 Å². The predicted molar refractivity (Wildman–Crippen MR) is 147 cm³/mol. The topological polar surface area (TPSA) is 100 Å². The highest BCUT2D eigenvalue weighted by atomic mass is 35.5. The van der Waals surface area contributed by atoms with E-state index in [-0.39, 0.29) is 11.1 Å². The maximum absolute atomic E-state index is 14.9. The van der Waals surface area contributed by atoms with E-state index in [0.717, 1.165) is 26.2 Å². The second-order valence-corrected chi connectivity index (χ2v) is 9.70. The molecule has 4 N–H and O–H groups in total. The number of ether oxygens (including phenoxy) is 1. The molecule has 0 bridgehead atoms. The highest BCUT2D eigenvalue weighted by molar-refractivity contribution is 7.79. The minimum absolute atomic E-state index is 0.0526. The molecule has 1 aromatic carbocycles. The third kappa shape index (κ3) is 5.11. The molecule has 7 nitrogen and oxygen atoms in total. The van der Waals surface area contributed by atoms with Crippen molar-refractivity contribution in [3.63, 3.8) is 0 Å². The molecule has 1 unspecified atom stereocenters. The van der Waals surface area contributed by atoms with Crippen LogP contribution in [0.25, 0.3) is 0 Å². The summed E-state index contributed by atoms with van der Waals surface area (Å²) in [6.07, 6.45) is 5.73. The average molecular weight is 550 g/mol. The van der Waals surface area contributed by atoms with Gasteiger partial charge in [0.15, 0.2) is 11.6 Å². The van der Waals surface area contributed by atoms with Gasteiger partial charge >= 0.3 is 0 Å². The fourth-order valence-corrected chi connectivity index (χ4v) is 5.14. The first-order valence-electron chi connectivity index (χ1n) is 11.3. The second-order valence-electron chi connectivity index (χ2n) is 8.89. The number of pyridine rings is 2. The van der Waals surface area contributed by atoms with Crippen LogP contribution < -0.4 is 20.7 Å². The number of anilines is 2. The minimum Gasteiger partial charge on any atom is -0.486 e. The largest absolute Gasteiger partial charge is 0.486 e. The van der Waals surface area contributed by atoms with Gasteiger partial charge in [0.1, 0.15) is 11.9 Å². The SMILES string of the molecule is CC(Oc1ccc(N)c(C(=N)c2cnc(N3CC4(CNC4)C3)c(F)c2)c1)c1c(Cl)cncc1Cl.CS. The van der Waals surface area contributed by atoms with Crippen LogP contribution in [0, 0.1) is 16.6 Å². The number of nitrogens with two attached hydrogens (primary N) is 1. The van der Waals surface area contributed by atoms with Gasteiger partial charge in [0, 0.05) is 72.6 Å². The Morgan fingerprint density at radius 1 is 1.19 bits per heavy atom. The van der Waals surface area contributed by atoms with Crippen molar-refractivity contribution < 1.29 is 9.13 Å². The highest BCUT2D eigenvalue weighted by Crippen LogP contribution is 2.38. The molecule has 2 aliphatic heterocycles. The summed E-state index contributed by atoms with van der Waals surface area (Å²) in [6.45, 7) is 5.31. The Bertz CT molecular complexity index is 1260. The summed E-state index contributed by atoms with van der Waals surface area (Å²) < 4.78 is 20.9. The standard InChI is InChI=1S/C24H23Cl2FN6O.CH4S/c1-13(21-17(25)7-30-8-18(21)26)34-15-2-3-20(28)16(5-15)22(29)14-4-19(27)23(32-6-14)33-11-24(12-33)9-31-10-24;1-2/h2-8,13,29,31H,9-12,28H2,1H3;2H,1H3. The van der Waals surface area contributed by atoms with E-state index in [2.05, 4.69) is 27.9 Å². The van der Waals surface area contributed by atoms with Crippen molar-refractivity contribution in [1.29, 1.82) is 5.41 Å². The zero-order valence-electron chi connectivity index (χ0n) is 19.9. The van der Waals surface area contributed by atoms with E-state index in [9.17, 15) is 4.39 Å². The predicted octanol–water partition coefficient (Wildman–Crippen LogP) is 5.02. The fraction of sp³-hybridized carbons (Fsp3) is 0.320. The molecule has 0 saturated carbocycles. The van der Waals surface area contributed by atoms with Crippen LogP contribution in [-0.2, 0) is 0 Å². The van der Waals surface area contributed by atoms with E-state index >= 15 is 0 Å². The van der Waals surface area contributed by atoms with E-state index in [4.69, 9.17) is 39.1 Å². The summed E-state index contributed by atoms with van der Waals surface area (Å²) in [5.41, 5.74) is 8.18. The van der Waals surface area contributed by atoms with Crippen molar-refractivity contribution >= 4 is 53.0 Å². The van der Waals surface area contributed by atoms with Gasteiger partial charge in [-0.25, -0.2) is 9.37 Å². The van der Waals surface area contributed by atoms with Crippen LogP contribution in [0.1, 0.15) is 29.7 Å². The normalized spacial score (nSPS) is 16.3. The van der Waals surface area contributed by atoms with Crippen LogP contribution in [0.5, 0.6) is 5.75 Å². The van der Waals surface area contributed by atoms with Crippen molar-refractivity contribution in [2.75, 3.05) is 43.1 Å². The smallest absolute Gasteiger partial charge is 0.166 e. The molecule has 0 amide bonds. The highest BCUT2D eigenvalue weighted by Gasteiger charge is 2.48. The van der Waals surface area contributed by atoms with Gasteiger partial charge in [-0.1, -0.05) is 23.2 Å². The van der Waals surface area contributed by atoms with Gasteiger partial charge in [0.05, 0.1) is 15.8 Å². The summed E-state index contributed by atoms with van der Waals surface area (Å²) in [7, 11) is 0. The molecule has 2 fully saturated rings. The number of hydrogen-bond acceptors (Lipinski definition) is 8. The van der Waals surface area contributed by atoms with E-state index in [1.165, 1.54) is 24.7 Å². The van der Waals surface area contributed by atoms with Gasteiger partial charge in [0.25, 0.3) is 0 Å². The number of rotatable bonds is 6. The summed E-state index contributed by atoms with van der Waals surface area (Å²) in [5.74, 6) is 0.334. The number of nitrogens with one attached hydrogen (secondary N) is 2. The Morgan fingerprint density at radius 3 is 2.44 bits per heavy atom. The third-order valence-electron chi connectivity index (χ3n) is 6.37. The number of halogens is 3. The zero-order valence-corrected chi connectivity index (χ0v) is 22.3. The summed E-state index contributed by atoms with van der Waals surface area (Å²) in [6, 6.07) is 6.32. The fourth-order valence-electron chi connectivity index (χ4n) is 4.47. The molecular weight excluding hydrogens is 522 g/mol. The molecule has 2 aliphatic rings. The van der Waals surface area contributed by atoms with Gasteiger partial charge in [-0.05, 0) is 37.4 Å². The first kappa shape index (κ1) is 26.5. The van der Waals surface area contributed by atoms with Crippen molar-refractivity contribution in [2.24, 2.45) is 5.41 Å². The molecule has 1 spiro atoms. The van der Waals surface area contributed by atoms with E-state index in [0.29, 0.717) is 44.0 Å². The lowest BCUT2D eigenvalue weighted by atomic mass is 9.74. The van der Waals surface area contributed by atoms with Crippen LogP contribution in [0.2, 0.25) is 10.0 Å². The number of aromatic nitrogens is 2. The molecule has 36 heavy (non-hydrogen) atoms. The van der Waals surface area contributed by atoms with Crippen molar-refractivity contribution in [3.8, 4) is 5.75 Å². The van der Waals surface area contributed by atoms with E-state index < -0.39 is 11.9 Å². The number of benzene rings is 1. The minimum atomic E-state index is -0.474. The Kier molecular flexibility index (Phi) is 7.94. The maximum Gasteiger partial charge on any atom is 0.166 e. The summed E-state index contributed by atoms with van der Waals surface area (Å²) in [5, 5.41) is 12.7. The molecule has 0 aliphatic carbocycles. The molecule has 4 heterocycles. The van der Waals surface area contributed by atoms with Gasteiger partial charge < -0.3 is 20.7 Å². The monoisotopic (exact) mass is 548 g/mol. The van der Waals surface area contributed by atoms with Crippen molar-refractivity contribution in [2.45, 2.75) is 13.0 Å². The maximum atomic E-state index is 14.9. The first-order chi connectivity index (χ1) is 17.3. The van der Waals surface area contributed by atoms with Gasteiger partial charge in [0.2, 0.25) is 0 Å². The van der Waals surface area contributed by atoms with Crippen molar-refractivity contribution in [1.82, 2.24) is 15.3 Å². The Labute approximate surface area is 225 Å². The Morgan fingerprint density at radius 2 is 1.86 bits per heavy atom. The molecule has 11 heteroatoms. The first-order valence-corrected chi connectivity index (χ1v) is 12.9. The molecule has 190 valence electrons. The van der Waals surface area contributed by atoms with Crippen LogP contribution in [0.15, 0.2) is 42.9 Å². The quantitative estimate of drug-likeness (QED) is 0.196. The van der Waals surface area contributed by atoms with Gasteiger partial charge in [-0.3, -0.25) is 10.4 Å². The van der Waals surface area contributed by atoms with Crippen LogP contribution in [0.4, 0.5) is 15.9 Å². The molecule has 3 aromatic rings.